The van der Waals surface area contributed by atoms with Gasteiger partial charge in [0.1, 0.15) is 5.82 Å². The van der Waals surface area contributed by atoms with Gasteiger partial charge in [-0.3, -0.25) is 14.7 Å². The maximum Gasteiger partial charge on any atom is 0.422 e. The van der Waals surface area contributed by atoms with Crippen LogP contribution in [0.15, 0.2) is 47.7 Å². The Labute approximate surface area is 169 Å². The summed E-state index contributed by atoms with van der Waals surface area (Å²) in [6, 6.07) is 6.89. The summed E-state index contributed by atoms with van der Waals surface area (Å²) < 4.78 is 42.3. The molecule has 4 rings (SSSR count). The Kier molecular flexibility index (Phi) is 5.49. The third-order valence-electron chi connectivity index (χ3n) is 4.70. The van der Waals surface area contributed by atoms with E-state index in [-0.39, 0.29) is 11.4 Å². The number of hydrogen-bond acceptors (Lipinski definition) is 6. The van der Waals surface area contributed by atoms with Gasteiger partial charge in [0, 0.05) is 55.8 Å². The van der Waals surface area contributed by atoms with E-state index in [0.717, 1.165) is 5.56 Å². The SMILES string of the molecule is O=c1[nH]c(-c2cccnc2)nc2c1CN(Cc1cccnc1OCC(F)(F)F)CC2. The second-order valence-electron chi connectivity index (χ2n) is 6.91. The van der Waals surface area contributed by atoms with Crippen LogP contribution in [0.5, 0.6) is 5.88 Å². The first-order valence-corrected chi connectivity index (χ1v) is 9.27. The van der Waals surface area contributed by atoms with Gasteiger partial charge >= 0.3 is 6.18 Å². The summed E-state index contributed by atoms with van der Waals surface area (Å²) in [5, 5.41) is 0. The monoisotopic (exact) mass is 417 g/mol. The highest BCUT2D eigenvalue weighted by atomic mass is 19.4. The van der Waals surface area contributed by atoms with Crippen LogP contribution in [0.4, 0.5) is 13.2 Å². The number of aromatic amines is 1. The molecule has 3 aromatic rings. The number of rotatable bonds is 5. The van der Waals surface area contributed by atoms with Crippen LogP contribution < -0.4 is 10.3 Å². The molecule has 156 valence electrons. The number of alkyl halides is 3. The van der Waals surface area contributed by atoms with E-state index >= 15 is 0 Å². The van der Waals surface area contributed by atoms with Crippen LogP contribution in [0.25, 0.3) is 11.4 Å². The molecule has 0 bridgehead atoms. The largest absolute Gasteiger partial charge is 0.468 e. The zero-order chi connectivity index (χ0) is 21.1. The number of hydrogen-bond donors (Lipinski definition) is 1. The van der Waals surface area contributed by atoms with E-state index in [1.165, 1.54) is 6.20 Å². The molecule has 0 saturated carbocycles. The quantitative estimate of drug-likeness (QED) is 0.687. The van der Waals surface area contributed by atoms with E-state index in [1.54, 1.807) is 30.6 Å². The third kappa shape index (κ3) is 4.65. The molecule has 30 heavy (non-hydrogen) atoms. The van der Waals surface area contributed by atoms with Crippen LogP contribution >= 0.6 is 0 Å². The molecular formula is C20H18F3N5O2. The van der Waals surface area contributed by atoms with Gasteiger partial charge in [-0.15, -0.1) is 0 Å². The van der Waals surface area contributed by atoms with Gasteiger partial charge in [0.15, 0.2) is 6.61 Å². The average Bonchev–Trinajstić information content (AvgIpc) is 2.73. The van der Waals surface area contributed by atoms with Crippen LogP contribution in [0.1, 0.15) is 16.8 Å². The van der Waals surface area contributed by atoms with Gasteiger partial charge in [-0.25, -0.2) is 9.97 Å². The fourth-order valence-corrected chi connectivity index (χ4v) is 3.32. The minimum absolute atomic E-state index is 0.0559. The zero-order valence-corrected chi connectivity index (χ0v) is 15.8. The highest BCUT2D eigenvalue weighted by molar-refractivity contribution is 5.53. The molecule has 0 aliphatic carbocycles. The van der Waals surface area contributed by atoms with Crippen LogP contribution in [0.3, 0.4) is 0 Å². The lowest BCUT2D eigenvalue weighted by atomic mass is 10.1. The van der Waals surface area contributed by atoms with Crippen molar-refractivity contribution < 1.29 is 17.9 Å². The molecule has 0 saturated heterocycles. The predicted molar refractivity (Wildman–Crippen MR) is 102 cm³/mol. The Bertz CT molecular complexity index is 1090. The number of H-pyrrole nitrogens is 1. The molecule has 0 spiro atoms. The van der Waals surface area contributed by atoms with Crippen molar-refractivity contribution in [2.45, 2.75) is 25.7 Å². The first kappa shape index (κ1) is 20.0. The van der Waals surface area contributed by atoms with Crippen molar-refractivity contribution in [2.24, 2.45) is 0 Å². The molecule has 0 radical (unpaired) electrons. The topological polar surface area (TPSA) is 84.0 Å². The minimum Gasteiger partial charge on any atom is -0.468 e. The summed E-state index contributed by atoms with van der Waals surface area (Å²) in [5.41, 5.74) is 2.29. The van der Waals surface area contributed by atoms with Gasteiger partial charge in [0.2, 0.25) is 5.88 Å². The van der Waals surface area contributed by atoms with Gasteiger partial charge in [0.25, 0.3) is 5.56 Å². The molecule has 4 heterocycles. The number of ether oxygens (including phenoxy) is 1. The molecule has 0 unspecified atom stereocenters. The highest BCUT2D eigenvalue weighted by Gasteiger charge is 2.29. The standard InChI is InChI=1S/C20H18F3N5O2/c21-20(22,23)12-30-19-14(4-2-7-25-19)10-28-8-5-16-15(11-28)18(29)27-17(26-16)13-3-1-6-24-9-13/h1-4,6-7,9H,5,8,10-12H2,(H,26,27,29). The third-order valence-corrected chi connectivity index (χ3v) is 4.70. The molecule has 0 atom stereocenters. The molecule has 0 fully saturated rings. The van der Waals surface area contributed by atoms with E-state index in [2.05, 4.69) is 19.9 Å². The summed E-state index contributed by atoms with van der Waals surface area (Å²) in [6.45, 7) is -0.160. The van der Waals surface area contributed by atoms with Gasteiger partial charge in [-0.2, -0.15) is 13.2 Å². The molecule has 0 aromatic carbocycles. The molecule has 1 aliphatic heterocycles. The van der Waals surface area contributed by atoms with E-state index in [9.17, 15) is 18.0 Å². The first-order valence-electron chi connectivity index (χ1n) is 9.27. The van der Waals surface area contributed by atoms with Crippen molar-refractivity contribution in [1.29, 1.82) is 0 Å². The Balaban J connectivity index is 1.51. The van der Waals surface area contributed by atoms with Crippen molar-refractivity contribution in [2.75, 3.05) is 13.2 Å². The molecule has 3 aromatic heterocycles. The lowest BCUT2D eigenvalue weighted by molar-refractivity contribution is -0.154. The Hall–Kier alpha value is -3.27. The number of nitrogens with zero attached hydrogens (tertiary/aromatic N) is 4. The maximum absolute atomic E-state index is 12.6. The first-order chi connectivity index (χ1) is 14.4. The van der Waals surface area contributed by atoms with Crippen molar-refractivity contribution in [3.05, 3.63) is 70.0 Å². The zero-order valence-electron chi connectivity index (χ0n) is 15.8. The van der Waals surface area contributed by atoms with Crippen molar-refractivity contribution in [3.63, 3.8) is 0 Å². The lowest BCUT2D eigenvalue weighted by Gasteiger charge is -2.28. The summed E-state index contributed by atoms with van der Waals surface area (Å²) in [4.78, 5) is 29.9. The van der Waals surface area contributed by atoms with Crippen LogP contribution in [-0.2, 0) is 19.5 Å². The number of pyridine rings is 2. The van der Waals surface area contributed by atoms with Crippen molar-refractivity contribution in [3.8, 4) is 17.3 Å². The second kappa shape index (κ2) is 8.23. The normalized spacial score (nSPS) is 14.4. The Morgan fingerprint density at radius 2 is 2.03 bits per heavy atom. The molecular weight excluding hydrogens is 399 g/mol. The Morgan fingerprint density at radius 1 is 1.20 bits per heavy atom. The second-order valence-corrected chi connectivity index (χ2v) is 6.91. The molecule has 10 heteroatoms. The molecule has 1 N–H and O–H groups in total. The summed E-state index contributed by atoms with van der Waals surface area (Å²) in [7, 11) is 0. The molecule has 1 aliphatic rings. The van der Waals surface area contributed by atoms with E-state index in [1.807, 2.05) is 11.0 Å². The number of nitrogens with one attached hydrogen (secondary N) is 1. The summed E-state index contributed by atoms with van der Waals surface area (Å²) in [6.07, 6.45) is 0.762. The predicted octanol–water partition coefficient (Wildman–Crippen LogP) is 2.73. The van der Waals surface area contributed by atoms with Gasteiger partial charge in [-0.05, 0) is 18.2 Å². The van der Waals surface area contributed by atoms with Crippen LogP contribution in [0, 0.1) is 0 Å². The maximum atomic E-state index is 12.6. The molecule has 0 amide bonds. The number of halogens is 3. The van der Waals surface area contributed by atoms with E-state index in [4.69, 9.17) is 4.74 Å². The Morgan fingerprint density at radius 3 is 2.80 bits per heavy atom. The summed E-state index contributed by atoms with van der Waals surface area (Å²) in [5.74, 6) is 0.412. The minimum atomic E-state index is -4.44. The highest BCUT2D eigenvalue weighted by Crippen LogP contribution is 2.24. The van der Waals surface area contributed by atoms with Crippen molar-refractivity contribution >= 4 is 0 Å². The number of fused-ring (bicyclic) bond motifs is 1. The fourth-order valence-electron chi connectivity index (χ4n) is 3.32. The lowest BCUT2D eigenvalue weighted by Crippen LogP contribution is -2.35. The van der Waals surface area contributed by atoms with E-state index in [0.29, 0.717) is 48.7 Å². The summed E-state index contributed by atoms with van der Waals surface area (Å²) >= 11 is 0. The smallest absolute Gasteiger partial charge is 0.422 e. The van der Waals surface area contributed by atoms with Crippen LogP contribution in [0.2, 0.25) is 0 Å². The molecule has 7 nitrogen and oxygen atoms in total. The number of aromatic nitrogens is 4. The van der Waals surface area contributed by atoms with Crippen molar-refractivity contribution in [1.82, 2.24) is 24.8 Å². The van der Waals surface area contributed by atoms with Gasteiger partial charge in [-0.1, -0.05) is 6.07 Å². The van der Waals surface area contributed by atoms with Gasteiger partial charge < -0.3 is 9.72 Å². The van der Waals surface area contributed by atoms with Crippen LogP contribution in [-0.4, -0.2) is 44.2 Å². The fraction of sp³-hybridized carbons (Fsp3) is 0.300. The average molecular weight is 417 g/mol. The van der Waals surface area contributed by atoms with Gasteiger partial charge in [0.05, 0.1) is 11.3 Å². The van der Waals surface area contributed by atoms with E-state index < -0.39 is 12.8 Å².